The Labute approximate surface area is 190 Å². The van der Waals surface area contributed by atoms with Gasteiger partial charge in [-0.05, 0) is 57.8 Å². The van der Waals surface area contributed by atoms with Gasteiger partial charge < -0.3 is 19.7 Å². The van der Waals surface area contributed by atoms with Crippen LogP contribution < -0.4 is 0 Å². The molecule has 0 aromatic carbocycles. The van der Waals surface area contributed by atoms with Crippen LogP contribution in [0, 0.1) is 41.4 Å². The number of rotatable bonds is 0. The van der Waals surface area contributed by atoms with Crippen LogP contribution in [0.2, 0.25) is 0 Å². The third-order valence-corrected chi connectivity index (χ3v) is 9.41. The van der Waals surface area contributed by atoms with Crippen LogP contribution >= 0.6 is 0 Å². The maximum Gasteiger partial charge on any atom is 0.313 e. The van der Waals surface area contributed by atoms with Crippen molar-refractivity contribution >= 4 is 11.9 Å². The molecule has 11 atom stereocenters. The highest BCUT2D eigenvalue weighted by atomic mass is 16.6. The van der Waals surface area contributed by atoms with E-state index in [1.54, 1.807) is 0 Å². The van der Waals surface area contributed by atoms with Crippen LogP contribution in [0.3, 0.4) is 0 Å². The number of ether oxygens (including phenoxy) is 2. The van der Waals surface area contributed by atoms with Crippen molar-refractivity contribution in [2.24, 2.45) is 41.4 Å². The maximum atomic E-state index is 11.7. The lowest BCUT2D eigenvalue weighted by atomic mass is 9.61. The molecule has 4 aliphatic carbocycles. The van der Waals surface area contributed by atoms with Crippen LogP contribution in [0.1, 0.15) is 71.6 Å². The molecule has 6 nitrogen and oxygen atoms in total. The first-order valence-corrected chi connectivity index (χ1v) is 12.8. The predicted octanol–water partition coefficient (Wildman–Crippen LogP) is 3.39. The first-order chi connectivity index (χ1) is 15.4. The van der Waals surface area contributed by atoms with Crippen molar-refractivity contribution in [1.29, 1.82) is 0 Å². The number of fused-ring (bicyclic) bond motifs is 4. The molecule has 0 bridgehead atoms. The Hall–Kier alpha value is -1.40. The molecule has 32 heavy (non-hydrogen) atoms. The van der Waals surface area contributed by atoms with Crippen molar-refractivity contribution in [1.82, 2.24) is 0 Å². The van der Waals surface area contributed by atoms with Gasteiger partial charge in [0, 0.05) is 17.8 Å². The number of cyclic esters (lactones) is 2. The summed E-state index contributed by atoms with van der Waals surface area (Å²) in [6, 6.07) is 0. The normalized spacial score (nSPS) is 49.2. The molecule has 178 valence electrons. The first kappa shape index (κ1) is 22.4. The van der Waals surface area contributed by atoms with E-state index >= 15 is 0 Å². The van der Waals surface area contributed by atoms with Crippen LogP contribution in [0.5, 0.6) is 0 Å². The molecule has 0 unspecified atom stereocenters. The third-order valence-electron chi connectivity index (χ3n) is 9.41. The fourth-order valence-electron chi connectivity index (χ4n) is 7.81. The van der Waals surface area contributed by atoms with Gasteiger partial charge in [-0.15, -0.1) is 0 Å². The molecule has 0 radical (unpaired) electrons. The Bertz CT molecular complexity index is 776. The van der Waals surface area contributed by atoms with Gasteiger partial charge in [-0.1, -0.05) is 37.3 Å². The van der Waals surface area contributed by atoms with E-state index in [0.717, 1.165) is 25.7 Å². The fourth-order valence-corrected chi connectivity index (χ4v) is 7.81. The molecule has 3 saturated carbocycles. The van der Waals surface area contributed by atoms with Crippen molar-refractivity contribution in [3.63, 3.8) is 0 Å². The molecular weight excluding hydrogens is 408 g/mol. The van der Waals surface area contributed by atoms with Gasteiger partial charge in [-0.25, -0.2) is 0 Å². The van der Waals surface area contributed by atoms with Gasteiger partial charge in [0.05, 0.1) is 24.0 Å². The highest BCUT2D eigenvalue weighted by molar-refractivity contribution is 5.78. The zero-order valence-electron chi connectivity index (χ0n) is 19.3. The SMILES string of the molecule is C[C@H]1OC(=O)[C@@H]2C=C3CCCC[C@H]3[C@H](O)[C@H]12.C[C@H]1OC(=O)[C@@H]2C[C@@H]3CCCC[C@H]3[C@H](O)[C@H]12. The maximum absolute atomic E-state index is 11.7. The second kappa shape index (κ2) is 8.75. The van der Waals surface area contributed by atoms with Crippen LogP contribution in [-0.4, -0.2) is 46.6 Å². The Balaban J connectivity index is 0.000000135. The lowest BCUT2D eigenvalue weighted by Crippen LogP contribution is -2.47. The molecule has 0 aromatic heterocycles. The molecule has 6 heteroatoms. The van der Waals surface area contributed by atoms with E-state index in [4.69, 9.17) is 9.47 Å². The summed E-state index contributed by atoms with van der Waals surface area (Å²) >= 11 is 0. The van der Waals surface area contributed by atoms with Gasteiger partial charge in [-0.3, -0.25) is 9.59 Å². The minimum absolute atomic E-state index is 0.0145. The Morgan fingerprint density at radius 1 is 0.812 bits per heavy atom. The van der Waals surface area contributed by atoms with E-state index in [1.807, 2.05) is 13.8 Å². The highest BCUT2D eigenvalue weighted by Crippen LogP contribution is 2.50. The first-order valence-electron chi connectivity index (χ1n) is 12.8. The van der Waals surface area contributed by atoms with E-state index in [9.17, 15) is 19.8 Å². The molecule has 6 aliphatic rings. The number of hydrogen-bond acceptors (Lipinski definition) is 6. The summed E-state index contributed by atoms with van der Waals surface area (Å²) in [5.74, 6) is 0.889. The van der Waals surface area contributed by atoms with Crippen LogP contribution in [0.4, 0.5) is 0 Å². The summed E-state index contributed by atoms with van der Waals surface area (Å²) in [5, 5.41) is 20.8. The van der Waals surface area contributed by atoms with Crippen LogP contribution in [-0.2, 0) is 19.1 Å². The van der Waals surface area contributed by atoms with E-state index in [0.29, 0.717) is 11.8 Å². The van der Waals surface area contributed by atoms with E-state index in [2.05, 4.69) is 6.08 Å². The number of esters is 2. The fraction of sp³-hybridized carbons (Fsp3) is 0.846. The Kier molecular flexibility index (Phi) is 6.12. The largest absolute Gasteiger partial charge is 0.462 e. The smallest absolute Gasteiger partial charge is 0.313 e. The summed E-state index contributed by atoms with van der Waals surface area (Å²) in [4.78, 5) is 23.4. The molecule has 6 rings (SSSR count). The van der Waals surface area contributed by atoms with Crippen molar-refractivity contribution < 1.29 is 29.3 Å². The van der Waals surface area contributed by atoms with Gasteiger partial charge in [0.15, 0.2) is 0 Å². The standard InChI is InChI=1S/C13H20O3.C13H18O3/c2*1-7-11-10(13(15)16-7)6-8-4-2-3-5-9(8)12(11)14/h7-12,14H,2-6H2,1H3;6-7,9-12,14H,2-5H2,1H3/t7-,8+,9-,10-,11-,12+;7-,9-,10-,11-,12+/m11/s1. The molecule has 0 aromatic rings. The predicted molar refractivity (Wildman–Crippen MR) is 117 cm³/mol. The topological polar surface area (TPSA) is 93.1 Å². The summed E-state index contributed by atoms with van der Waals surface area (Å²) in [7, 11) is 0. The zero-order chi connectivity index (χ0) is 22.6. The second-order valence-corrected chi connectivity index (χ2v) is 11.1. The quantitative estimate of drug-likeness (QED) is 0.438. The minimum atomic E-state index is -0.383. The number of aliphatic hydroxyl groups is 2. The summed E-state index contributed by atoms with van der Waals surface area (Å²) in [6.07, 6.45) is 11.4. The van der Waals surface area contributed by atoms with E-state index in [-0.39, 0.29) is 65.9 Å². The number of carbonyl (C=O) groups excluding carboxylic acids is 2. The molecule has 2 heterocycles. The van der Waals surface area contributed by atoms with Crippen molar-refractivity contribution in [2.75, 3.05) is 0 Å². The van der Waals surface area contributed by atoms with Gasteiger partial charge in [0.1, 0.15) is 12.2 Å². The monoisotopic (exact) mass is 446 g/mol. The average Bonchev–Trinajstić information content (AvgIpc) is 3.23. The Morgan fingerprint density at radius 2 is 1.50 bits per heavy atom. The molecule has 5 fully saturated rings. The van der Waals surface area contributed by atoms with Crippen molar-refractivity contribution in [2.45, 2.75) is 96.1 Å². The Morgan fingerprint density at radius 3 is 2.31 bits per heavy atom. The van der Waals surface area contributed by atoms with Crippen molar-refractivity contribution in [3.05, 3.63) is 11.6 Å². The van der Waals surface area contributed by atoms with Gasteiger partial charge in [0.25, 0.3) is 0 Å². The number of hydrogen-bond donors (Lipinski definition) is 2. The molecular formula is C26H38O6. The lowest BCUT2D eigenvalue weighted by molar-refractivity contribution is -0.145. The minimum Gasteiger partial charge on any atom is -0.462 e. The van der Waals surface area contributed by atoms with E-state index < -0.39 is 0 Å². The average molecular weight is 447 g/mol. The second-order valence-electron chi connectivity index (χ2n) is 11.1. The van der Waals surface area contributed by atoms with Crippen LogP contribution in [0.25, 0.3) is 0 Å². The van der Waals surface area contributed by atoms with Gasteiger partial charge >= 0.3 is 11.9 Å². The van der Waals surface area contributed by atoms with E-state index in [1.165, 1.54) is 37.7 Å². The molecule has 2 saturated heterocycles. The highest BCUT2D eigenvalue weighted by Gasteiger charge is 2.54. The van der Waals surface area contributed by atoms with Gasteiger partial charge in [-0.2, -0.15) is 0 Å². The number of carbonyl (C=O) groups is 2. The lowest BCUT2D eigenvalue weighted by Gasteiger charge is -2.44. The van der Waals surface area contributed by atoms with Gasteiger partial charge in [0.2, 0.25) is 0 Å². The summed E-state index contributed by atoms with van der Waals surface area (Å²) in [5.41, 5.74) is 1.30. The van der Waals surface area contributed by atoms with Crippen molar-refractivity contribution in [3.8, 4) is 0 Å². The molecule has 2 N–H and O–H groups in total. The number of aliphatic hydroxyl groups excluding tert-OH is 2. The molecule has 2 aliphatic heterocycles. The molecule has 0 amide bonds. The molecule has 0 spiro atoms. The third kappa shape index (κ3) is 3.71. The summed E-state index contributed by atoms with van der Waals surface area (Å²) < 4.78 is 10.5. The summed E-state index contributed by atoms with van der Waals surface area (Å²) in [6.45, 7) is 3.82. The zero-order valence-corrected chi connectivity index (χ0v) is 19.3. The van der Waals surface area contributed by atoms with Crippen LogP contribution in [0.15, 0.2) is 11.6 Å².